The summed E-state index contributed by atoms with van der Waals surface area (Å²) in [4.78, 5) is 4.79. The predicted molar refractivity (Wildman–Crippen MR) is 46.8 cm³/mol. The van der Waals surface area contributed by atoms with Crippen LogP contribution in [-0.2, 0) is 20.4 Å². The molecule has 1 aliphatic heterocycles. The van der Waals surface area contributed by atoms with Gasteiger partial charge in [-0.15, -0.1) is 0 Å². The van der Waals surface area contributed by atoms with Crippen LogP contribution in [0.4, 0.5) is 0 Å². The van der Waals surface area contributed by atoms with Gasteiger partial charge in [-0.25, -0.2) is 0 Å². The van der Waals surface area contributed by atoms with Gasteiger partial charge in [0.1, 0.15) is 0 Å². The maximum Gasteiger partial charge on any atom is -1.00 e. The molecule has 7 heteroatoms. The topological polar surface area (TPSA) is 18.5 Å². The Labute approximate surface area is 123 Å². The zero-order chi connectivity index (χ0) is 8.97. The molecule has 1 N–H and O–H groups in total. The van der Waals surface area contributed by atoms with Gasteiger partial charge in [0, 0.05) is 0 Å². The molecule has 0 aromatic heterocycles. The van der Waals surface area contributed by atoms with E-state index in [1.807, 2.05) is 0 Å². The van der Waals surface area contributed by atoms with Crippen molar-refractivity contribution >= 4 is 0 Å². The third-order valence-corrected chi connectivity index (χ3v) is 3.38. The van der Waals surface area contributed by atoms with Crippen molar-refractivity contribution in [3.05, 3.63) is 0 Å². The summed E-state index contributed by atoms with van der Waals surface area (Å²) in [6.45, 7) is 5.77. The molecule has 1 saturated heterocycles. The number of hydrogen-bond acceptors (Lipinski definition) is 3. The SMILES string of the molecule is CN1CCNC[CH]([Ti+3])N(C)CC1.[Cl-].[Cl-].[Cl-]. The fraction of sp³-hybridized carbons (Fsp3) is 1.00. The van der Waals surface area contributed by atoms with Crippen molar-refractivity contribution in [2.75, 3.05) is 46.8 Å². The Kier molecular flexibility index (Phi) is 17.3. The van der Waals surface area contributed by atoms with Gasteiger partial charge in [0.05, 0.1) is 0 Å². The second-order valence-electron chi connectivity index (χ2n) is 3.50. The first-order valence-corrected chi connectivity index (χ1v) is 5.41. The summed E-state index contributed by atoms with van der Waals surface area (Å²) in [6.07, 6.45) is 0. The summed E-state index contributed by atoms with van der Waals surface area (Å²) in [5.74, 6) is 0. The van der Waals surface area contributed by atoms with Crippen LogP contribution in [0, 0.1) is 0 Å². The molecule has 0 aromatic rings. The van der Waals surface area contributed by atoms with Crippen LogP contribution in [0.1, 0.15) is 0 Å². The normalized spacial score (nSPS) is 24.7. The third-order valence-electron chi connectivity index (χ3n) is 2.37. The van der Waals surface area contributed by atoms with Crippen LogP contribution in [0.15, 0.2) is 0 Å². The van der Waals surface area contributed by atoms with Crippen molar-refractivity contribution in [2.24, 2.45) is 0 Å². The summed E-state index contributed by atoms with van der Waals surface area (Å²) in [6, 6.07) is 0. The van der Waals surface area contributed by atoms with Gasteiger partial charge in [0.2, 0.25) is 0 Å². The van der Waals surface area contributed by atoms with Crippen molar-refractivity contribution in [1.29, 1.82) is 0 Å². The summed E-state index contributed by atoms with van der Waals surface area (Å²) >= 11 is 2.28. The molecule has 0 saturated carbocycles. The van der Waals surface area contributed by atoms with Gasteiger partial charge >= 0.3 is 86.7 Å². The van der Waals surface area contributed by atoms with Crippen LogP contribution >= 0.6 is 0 Å². The molecule has 1 heterocycles. The number of hydrogen-bond donors (Lipinski definition) is 1. The predicted octanol–water partition coefficient (Wildman–Crippen LogP) is -9.66. The Morgan fingerprint density at radius 3 is 2.27 bits per heavy atom. The molecule has 0 radical (unpaired) electrons. The second-order valence-corrected chi connectivity index (χ2v) is 4.54. The molecular formula is C8H18Cl3N3Ti. The van der Waals surface area contributed by atoms with Crippen LogP contribution in [0.2, 0.25) is 0 Å². The van der Waals surface area contributed by atoms with Crippen molar-refractivity contribution in [3.63, 3.8) is 0 Å². The van der Waals surface area contributed by atoms with Gasteiger partial charge in [-0.1, -0.05) is 0 Å². The van der Waals surface area contributed by atoms with E-state index in [-0.39, 0.29) is 37.2 Å². The van der Waals surface area contributed by atoms with Crippen molar-refractivity contribution < 1.29 is 57.7 Å². The largest absolute Gasteiger partial charge is 1.00 e. The quantitative estimate of drug-likeness (QED) is 0.449. The summed E-state index contributed by atoms with van der Waals surface area (Å²) in [5.41, 5.74) is 0. The number of halogens is 3. The van der Waals surface area contributed by atoms with E-state index >= 15 is 0 Å². The average molecular weight is 310 g/mol. The standard InChI is InChI=1S/C8H18N3.3ClH.Ti/c1-10-5-3-9-4-6-11(2)8-7-10;;;;/h5,9H,3-4,6-8H2,1-2H3;3*1H;/q;;;;+3/p-3. The minimum atomic E-state index is 0. The maximum atomic E-state index is 3.45. The van der Waals surface area contributed by atoms with E-state index in [4.69, 9.17) is 0 Å². The maximum absolute atomic E-state index is 3.45. The molecule has 3 nitrogen and oxygen atoms in total. The molecule has 1 unspecified atom stereocenters. The second kappa shape index (κ2) is 11.9. The monoisotopic (exact) mass is 309 g/mol. The summed E-state index contributed by atoms with van der Waals surface area (Å²) < 4.78 is 0.663. The fourth-order valence-electron chi connectivity index (χ4n) is 1.26. The molecule has 0 spiro atoms. The molecule has 15 heavy (non-hydrogen) atoms. The van der Waals surface area contributed by atoms with Crippen LogP contribution < -0.4 is 42.5 Å². The Morgan fingerprint density at radius 1 is 1.07 bits per heavy atom. The molecule has 1 rings (SSSR count). The fourth-order valence-corrected chi connectivity index (χ4v) is 1.69. The van der Waals surface area contributed by atoms with E-state index in [0.29, 0.717) is 4.35 Å². The molecular weight excluding hydrogens is 292 g/mol. The first-order chi connectivity index (χ1) is 5.70. The molecule has 0 bridgehead atoms. The van der Waals surface area contributed by atoms with Crippen LogP contribution in [-0.4, -0.2) is 61.0 Å². The van der Waals surface area contributed by atoms with Crippen LogP contribution in [0.25, 0.3) is 0 Å². The van der Waals surface area contributed by atoms with E-state index < -0.39 is 0 Å². The van der Waals surface area contributed by atoms with Gasteiger partial charge in [-0.05, 0) is 0 Å². The van der Waals surface area contributed by atoms with E-state index in [1.54, 1.807) is 0 Å². The molecule has 90 valence electrons. The van der Waals surface area contributed by atoms with Gasteiger partial charge in [0.25, 0.3) is 0 Å². The van der Waals surface area contributed by atoms with E-state index in [9.17, 15) is 0 Å². The summed E-state index contributed by atoms with van der Waals surface area (Å²) in [7, 11) is 4.39. The third kappa shape index (κ3) is 9.19. The molecule has 1 aliphatic rings. The van der Waals surface area contributed by atoms with Crippen LogP contribution in [0.5, 0.6) is 0 Å². The van der Waals surface area contributed by atoms with Crippen molar-refractivity contribution in [1.82, 2.24) is 15.1 Å². The average Bonchev–Trinajstić information content (AvgIpc) is 2.11. The minimum absolute atomic E-state index is 0. The van der Waals surface area contributed by atoms with Crippen molar-refractivity contribution in [2.45, 2.75) is 4.35 Å². The Morgan fingerprint density at radius 2 is 1.67 bits per heavy atom. The Bertz CT molecular complexity index is 142. The molecule has 0 aliphatic carbocycles. The van der Waals surface area contributed by atoms with E-state index in [2.05, 4.69) is 49.6 Å². The van der Waals surface area contributed by atoms with Crippen LogP contribution in [0.3, 0.4) is 0 Å². The van der Waals surface area contributed by atoms with Gasteiger partial charge in [0.15, 0.2) is 0 Å². The zero-order valence-electron chi connectivity index (χ0n) is 9.14. The number of likely N-dealkylation sites (N-methyl/N-ethyl adjacent to an activating group) is 2. The van der Waals surface area contributed by atoms with Gasteiger partial charge in [-0.2, -0.15) is 0 Å². The zero-order valence-corrected chi connectivity index (χ0v) is 13.0. The number of nitrogens with one attached hydrogen (secondary N) is 1. The Hall–Kier alpha value is 1.46. The molecule has 1 atom stereocenters. The first-order valence-electron chi connectivity index (χ1n) is 4.51. The van der Waals surface area contributed by atoms with Gasteiger partial charge < -0.3 is 37.2 Å². The van der Waals surface area contributed by atoms with Gasteiger partial charge in [-0.3, -0.25) is 0 Å². The number of rotatable bonds is 0. The van der Waals surface area contributed by atoms with Crippen molar-refractivity contribution in [3.8, 4) is 0 Å². The smallest absolute Gasteiger partial charge is 1.00 e. The molecule has 1 fully saturated rings. The number of nitrogens with zero attached hydrogens (tertiary/aromatic N) is 2. The minimum Gasteiger partial charge on any atom is -1.00 e. The molecule has 0 aromatic carbocycles. The molecule has 0 amide bonds. The Balaban J connectivity index is -0.000000480. The first kappa shape index (κ1) is 21.7. The summed E-state index contributed by atoms with van der Waals surface area (Å²) in [5, 5.41) is 3.45. The van der Waals surface area contributed by atoms with E-state index in [0.717, 1.165) is 13.1 Å². The van der Waals surface area contributed by atoms with E-state index in [1.165, 1.54) is 19.6 Å².